The van der Waals surface area contributed by atoms with E-state index in [9.17, 15) is 0 Å². The van der Waals surface area contributed by atoms with Gasteiger partial charge in [0.25, 0.3) is 0 Å². The van der Waals surface area contributed by atoms with E-state index >= 15 is 0 Å². The van der Waals surface area contributed by atoms with Crippen molar-refractivity contribution in [3.05, 3.63) is 0 Å². The molecule has 0 atom stereocenters. The van der Waals surface area contributed by atoms with Crippen LogP contribution < -0.4 is 0 Å². The van der Waals surface area contributed by atoms with E-state index in [4.69, 9.17) is 4.74 Å². The molecule has 0 aromatic carbocycles. The lowest BCUT2D eigenvalue weighted by Crippen LogP contribution is -2.10. The van der Waals surface area contributed by atoms with Gasteiger partial charge in [0, 0.05) is 0 Å². The Morgan fingerprint density at radius 3 is 2.50 bits per heavy atom. The minimum atomic E-state index is 0.910. The van der Waals surface area contributed by atoms with Crippen LogP contribution in [0, 0.1) is 0 Å². The number of ether oxygens (including phenoxy) is 1. The smallest absolute Gasteiger partial charge is 0.335 e. The molecule has 0 aromatic rings. The molecule has 1 rings (SSSR count). The second-order valence-corrected chi connectivity index (χ2v) is 2.24. The van der Waals surface area contributed by atoms with Gasteiger partial charge in [-0.05, 0) is 6.42 Å². The summed E-state index contributed by atoms with van der Waals surface area (Å²) in [4.78, 5) is 0. The molecule has 0 radical (unpaired) electrons. The van der Waals surface area contributed by atoms with E-state index in [0.717, 1.165) is 18.9 Å². The SMILES string of the molecule is C[N+](C)=C1CCCO1. The largest absolute Gasteiger partial charge is 0.448 e. The van der Waals surface area contributed by atoms with Crippen molar-refractivity contribution in [2.45, 2.75) is 12.8 Å². The number of hydrogen-bond donors (Lipinski definition) is 0. The Morgan fingerprint density at radius 2 is 2.25 bits per heavy atom. The summed E-state index contributed by atoms with van der Waals surface area (Å²) in [5, 5.41) is 0. The molecule has 0 unspecified atom stereocenters. The quantitative estimate of drug-likeness (QED) is 0.417. The Hall–Kier alpha value is -0.530. The first kappa shape index (κ1) is 5.60. The molecular weight excluding hydrogens is 102 g/mol. The van der Waals surface area contributed by atoms with E-state index in [1.165, 1.54) is 6.42 Å². The van der Waals surface area contributed by atoms with Gasteiger partial charge in [-0.2, -0.15) is 0 Å². The highest BCUT2D eigenvalue weighted by atomic mass is 16.5. The monoisotopic (exact) mass is 114 g/mol. The number of hydrogen-bond acceptors (Lipinski definition) is 1. The standard InChI is InChI=1S/C6H12NO/c1-7(2)6-4-3-5-8-6/h3-5H2,1-2H3/q+1. The fourth-order valence-electron chi connectivity index (χ4n) is 0.838. The van der Waals surface area contributed by atoms with E-state index in [-0.39, 0.29) is 0 Å². The fraction of sp³-hybridized carbons (Fsp3) is 0.833. The molecule has 46 valence electrons. The summed E-state index contributed by atoms with van der Waals surface area (Å²) in [6.07, 6.45) is 2.31. The van der Waals surface area contributed by atoms with Crippen LogP contribution in [-0.4, -0.2) is 31.2 Å². The molecule has 0 saturated carbocycles. The number of nitrogens with zero attached hydrogens (tertiary/aromatic N) is 1. The van der Waals surface area contributed by atoms with Crippen molar-refractivity contribution in [2.24, 2.45) is 0 Å². The highest BCUT2D eigenvalue weighted by molar-refractivity contribution is 5.72. The van der Waals surface area contributed by atoms with Crippen LogP contribution in [0.2, 0.25) is 0 Å². The van der Waals surface area contributed by atoms with E-state index in [2.05, 4.69) is 0 Å². The van der Waals surface area contributed by atoms with Crippen molar-refractivity contribution in [1.82, 2.24) is 0 Å². The van der Waals surface area contributed by atoms with Gasteiger partial charge in [0.15, 0.2) is 0 Å². The Labute approximate surface area is 49.8 Å². The molecule has 1 saturated heterocycles. The topological polar surface area (TPSA) is 12.2 Å². The minimum Gasteiger partial charge on any atom is -0.448 e. The average molecular weight is 114 g/mol. The molecule has 0 N–H and O–H groups in total. The maximum Gasteiger partial charge on any atom is 0.335 e. The first-order valence-electron chi connectivity index (χ1n) is 2.96. The summed E-state index contributed by atoms with van der Waals surface area (Å²) in [5.74, 6) is 1.13. The normalized spacial score (nSPS) is 18.5. The molecule has 2 nitrogen and oxygen atoms in total. The zero-order valence-electron chi connectivity index (χ0n) is 5.48. The van der Waals surface area contributed by atoms with Gasteiger partial charge < -0.3 is 4.74 Å². The summed E-state index contributed by atoms with van der Waals surface area (Å²) in [6.45, 7) is 0.910. The second-order valence-electron chi connectivity index (χ2n) is 2.24. The Balaban J connectivity index is 2.58. The summed E-state index contributed by atoms with van der Waals surface area (Å²) in [7, 11) is 4.03. The Bertz CT molecular complexity index is 106. The van der Waals surface area contributed by atoms with Crippen LogP contribution in [0.5, 0.6) is 0 Å². The van der Waals surface area contributed by atoms with Crippen molar-refractivity contribution < 1.29 is 9.31 Å². The maximum absolute atomic E-state index is 5.26. The lowest BCUT2D eigenvalue weighted by atomic mass is 10.4. The fourth-order valence-corrected chi connectivity index (χ4v) is 0.838. The van der Waals surface area contributed by atoms with Crippen LogP contribution in [0.25, 0.3) is 0 Å². The van der Waals surface area contributed by atoms with Crippen LogP contribution in [0.4, 0.5) is 0 Å². The maximum atomic E-state index is 5.26. The van der Waals surface area contributed by atoms with Gasteiger partial charge >= 0.3 is 5.90 Å². The second kappa shape index (κ2) is 2.16. The Kier molecular flexibility index (Phi) is 1.51. The van der Waals surface area contributed by atoms with Crippen molar-refractivity contribution >= 4 is 5.90 Å². The molecule has 0 bridgehead atoms. The van der Waals surface area contributed by atoms with E-state index in [1.807, 2.05) is 18.7 Å². The van der Waals surface area contributed by atoms with Gasteiger partial charge in [-0.3, -0.25) is 0 Å². The summed E-state index contributed by atoms with van der Waals surface area (Å²) < 4.78 is 7.29. The predicted octanol–water partition coefficient (Wildman–Crippen LogP) is 0.467. The van der Waals surface area contributed by atoms with E-state index in [0.29, 0.717) is 0 Å². The van der Waals surface area contributed by atoms with Crippen LogP contribution in [0.3, 0.4) is 0 Å². The third-order valence-electron chi connectivity index (χ3n) is 1.30. The molecule has 0 spiro atoms. The number of rotatable bonds is 0. The van der Waals surface area contributed by atoms with Crippen LogP contribution >= 0.6 is 0 Å². The van der Waals surface area contributed by atoms with Gasteiger partial charge in [-0.1, -0.05) is 0 Å². The first-order valence-corrected chi connectivity index (χ1v) is 2.96. The molecule has 0 aliphatic carbocycles. The van der Waals surface area contributed by atoms with Crippen LogP contribution in [0.1, 0.15) is 12.8 Å². The summed E-state index contributed by atoms with van der Waals surface area (Å²) >= 11 is 0. The summed E-state index contributed by atoms with van der Waals surface area (Å²) in [6, 6.07) is 0. The van der Waals surface area contributed by atoms with Crippen molar-refractivity contribution in [2.75, 3.05) is 20.7 Å². The van der Waals surface area contributed by atoms with Gasteiger partial charge in [-0.25, -0.2) is 4.58 Å². The van der Waals surface area contributed by atoms with Crippen LogP contribution in [0.15, 0.2) is 0 Å². The lowest BCUT2D eigenvalue weighted by Gasteiger charge is -1.91. The highest BCUT2D eigenvalue weighted by Crippen LogP contribution is 2.03. The molecule has 0 aromatic heterocycles. The van der Waals surface area contributed by atoms with Gasteiger partial charge in [0.2, 0.25) is 0 Å². The average Bonchev–Trinajstić information content (AvgIpc) is 2.12. The molecule has 2 heteroatoms. The molecule has 8 heavy (non-hydrogen) atoms. The van der Waals surface area contributed by atoms with Crippen molar-refractivity contribution in [1.29, 1.82) is 0 Å². The van der Waals surface area contributed by atoms with Gasteiger partial charge in [0.1, 0.15) is 14.1 Å². The van der Waals surface area contributed by atoms with Gasteiger partial charge in [0.05, 0.1) is 13.0 Å². The molecule has 1 aliphatic rings. The van der Waals surface area contributed by atoms with Crippen molar-refractivity contribution in [3.63, 3.8) is 0 Å². The van der Waals surface area contributed by atoms with Crippen molar-refractivity contribution in [3.8, 4) is 0 Å². The molecule has 0 amide bonds. The third kappa shape index (κ3) is 0.997. The first-order chi connectivity index (χ1) is 3.80. The Morgan fingerprint density at radius 1 is 1.50 bits per heavy atom. The van der Waals surface area contributed by atoms with Crippen LogP contribution in [-0.2, 0) is 4.74 Å². The van der Waals surface area contributed by atoms with E-state index < -0.39 is 0 Å². The molecular formula is C6H12NO+. The predicted molar refractivity (Wildman–Crippen MR) is 32.3 cm³/mol. The zero-order chi connectivity index (χ0) is 5.98. The third-order valence-corrected chi connectivity index (χ3v) is 1.30. The highest BCUT2D eigenvalue weighted by Gasteiger charge is 2.15. The molecule has 1 fully saturated rings. The minimum absolute atomic E-state index is 0.910. The summed E-state index contributed by atoms with van der Waals surface area (Å²) in [5.41, 5.74) is 0. The van der Waals surface area contributed by atoms with E-state index in [1.54, 1.807) is 0 Å². The molecule has 1 heterocycles. The lowest BCUT2D eigenvalue weighted by molar-refractivity contribution is -0.474. The zero-order valence-corrected chi connectivity index (χ0v) is 5.48. The molecule has 1 aliphatic heterocycles. The van der Waals surface area contributed by atoms with Gasteiger partial charge in [-0.15, -0.1) is 0 Å².